The lowest BCUT2D eigenvalue weighted by atomic mass is 9.98. The molecule has 0 aliphatic carbocycles. The molecule has 2 aliphatic rings. The normalized spacial score (nSPS) is 22.2. The molecule has 2 fully saturated rings. The number of rotatable bonds is 5. The Labute approximate surface area is 172 Å². The maximum atomic E-state index is 13.1. The van der Waals surface area contributed by atoms with Gasteiger partial charge in [-0.2, -0.15) is 4.31 Å². The first-order valence-corrected chi connectivity index (χ1v) is 11.5. The fourth-order valence-electron chi connectivity index (χ4n) is 3.71. The molecule has 2 aliphatic heterocycles. The molecule has 1 atom stereocenters. The Balaban J connectivity index is 1.72. The van der Waals surface area contributed by atoms with Crippen molar-refractivity contribution in [1.82, 2.24) is 14.1 Å². The molecule has 0 radical (unpaired) electrons. The van der Waals surface area contributed by atoms with Gasteiger partial charge in [-0.3, -0.25) is 4.79 Å². The smallest absolute Gasteiger partial charge is 0.243 e. The van der Waals surface area contributed by atoms with Gasteiger partial charge in [0.05, 0.1) is 22.4 Å². The lowest BCUT2D eigenvalue weighted by molar-refractivity contribution is -0.138. The SMILES string of the molecule is CCOc1ccc(S(=O)(=O)N2CCC[C@@H](C(=O)N3CCN(C)CC3)C2)cc1Cl. The van der Waals surface area contributed by atoms with Crippen molar-refractivity contribution in [2.75, 3.05) is 52.9 Å². The molecule has 1 aromatic rings. The van der Waals surface area contributed by atoms with E-state index in [1.807, 2.05) is 18.9 Å². The topological polar surface area (TPSA) is 70.2 Å². The van der Waals surface area contributed by atoms with E-state index in [0.29, 0.717) is 38.4 Å². The molecule has 0 aromatic heterocycles. The maximum Gasteiger partial charge on any atom is 0.243 e. The van der Waals surface area contributed by atoms with E-state index in [4.69, 9.17) is 16.3 Å². The summed E-state index contributed by atoms with van der Waals surface area (Å²) in [7, 11) is -1.67. The molecular weight excluding hydrogens is 402 g/mol. The third kappa shape index (κ3) is 4.62. The minimum absolute atomic E-state index is 0.0673. The number of carbonyl (C=O) groups is 1. The molecule has 0 N–H and O–H groups in total. The van der Waals surface area contributed by atoms with Gasteiger partial charge in [0.1, 0.15) is 5.75 Å². The molecule has 1 amide bonds. The van der Waals surface area contributed by atoms with Gasteiger partial charge in [0.25, 0.3) is 0 Å². The third-order valence-electron chi connectivity index (χ3n) is 5.39. The fourth-order valence-corrected chi connectivity index (χ4v) is 5.56. The third-order valence-corrected chi connectivity index (χ3v) is 7.55. The van der Waals surface area contributed by atoms with Gasteiger partial charge < -0.3 is 14.5 Å². The number of sulfonamides is 1. The molecule has 2 saturated heterocycles. The van der Waals surface area contributed by atoms with Gasteiger partial charge in [-0.15, -0.1) is 0 Å². The number of ether oxygens (including phenoxy) is 1. The number of hydrogen-bond donors (Lipinski definition) is 0. The number of piperazine rings is 1. The van der Waals surface area contributed by atoms with E-state index in [-0.39, 0.29) is 28.3 Å². The van der Waals surface area contributed by atoms with Crippen molar-refractivity contribution in [3.63, 3.8) is 0 Å². The molecule has 156 valence electrons. The summed E-state index contributed by atoms with van der Waals surface area (Å²) in [4.78, 5) is 17.1. The Hall–Kier alpha value is -1.35. The average molecular weight is 430 g/mol. The molecule has 28 heavy (non-hydrogen) atoms. The number of likely N-dealkylation sites (N-methyl/N-ethyl adjacent to an activating group) is 1. The molecule has 7 nitrogen and oxygen atoms in total. The number of halogens is 1. The zero-order chi connectivity index (χ0) is 20.3. The lowest BCUT2D eigenvalue weighted by Gasteiger charge is -2.37. The van der Waals surface area contributed by atoms with Crippen LogP contribution in [0.5, 0.6) is 5.75 Å². The van der Waals surface area contributed by atoms with E-state index in [2.05, 4.69) is 4.90 Å². The fraction of sp³-hybridized carbons (Fsp3) is 0.632. The maximum absolute atomic E-state index is 13.1. The molecule has 1 aromatic carbocycles. The highest BCUT2D eigenvalue weighted by Crippen LogP contribution is 2.31. The molecule has 0 spiro atoms. The largest absolute Gasteiger partial charge is 0.492 e. The molecule has 2 heterocycles. The number of hydrogen-bond acceptors (Lipinski definition) is 5. The summed E-state index contributed by atoms with van der Waals surface area (Å²) in [6, 6.07) is 4.52. The van der Waals surface area contributed by atoms with Crippen LogP contribution in [0, 0.1) is 5.92 Å². The van der Waals surface area contributed by atoms with Crippen molar-refractivity contribution >= 4 is 27.5 Å². The minimum Gasteiger partial charge on any atom is -0.492 e. The Morgan fingerprint density at radius 2 is 1.93 bits per heavy atom. The molecule has 9 heteroatoms. The van der Waals surface area contributed by atoms with Crippen LogP contribution >= 0.6 is 11.6 Å². The van der Waals surface area contributed by atoms with Crippen LogP contribution in [0.4, 0.5) is 0 Å². The Morgan fingerprint density at radius 3 is 2.57 bits per heavy atom. The monoisotopic (exact) mass is 429 g/mol. The van der Waals surface area contributed by atoms with E-state index in [0.717, 1.165) is 19.5 Å². The zero-order valence-corrected chi connectivity index (χ0v) is 18.0. The van der Waals surface area contributed by atoms with Gasteiger partial charge in [0.2, 0.25) is 15.9 Å². The van der Waals surface area contributed by atoms with Crippen molar-refractivity contribution in [3.05, 3.63) is 23.2 Å². The predicted octanol–water partition coefficient (Wildman–Crippen LogP) is 1.91. The molecule has 0 saturated carbocycles. The first-order chi connectivity index (χ1) is 13.3. The highest BCUT2D eigenvalue weighted by Gasteiger charge is 2.35. The summed E-state index contributed by atoms with van der Waals surface area (Å²) in [5, 5.41) is 0.269. The van der Waals surface area contributed by atoms with Crippen molar-refractivity contribution in [1.29, 1.82) is 0 Å². The van der Waals surface area contributed by atoms with Crippen LogP contribution in [-0.4, -0.2) is 81.4 Å². The second-order valence-electron chi connectivity index (χ2n) is 7.36. The van der Waals surface area contributed by atoms with Gasteiger partial charge in [0, 0.05) is 39.3 Å². The summed E-state index contributed by atoms with van der Waals surface area (Å²) in [6.45, 7) is 6.04. The van der Waals surface area contributed by atoms with E-state index in [9.17, 15) is 13.2 Å². The van der Waals surface area contributed by atoms with Crippen molar-refractivity contribution in [3.8, 4) is 5.75 Å². The number of nitrogens with zero attached hydrogens (tertiary/aromatic N) is 3. The van der Waals surface area contributed by atoms with Crippen molar-refractivity contribution in [2.45, 2.75) is 24.7 Å². The summed E-state index contributed by atoms with van der Waals surface area (Å²) >= 11 is 6.17. The van der Waals surface area contributed by atoms with Crippen molar-refractivity contribution in [2.24, 2.45) is 5.92 Å². The second-order valence-corrected chi connectivity index (χ2v) is 9.70. The Morgan fingerprint density at radius 1 is 1.21 bits per heavy atom. The highest BCUT2D eigenvalue weighted by molar-refractivity contribution is 7.89. The van der Waals surface area contributed by atoms with Crippen molar-refractivity contribution < 1.29 is 17.9 Å². The summed E-state index contributed by atoms with van der Waals surface area (Å²) in [5.41, 5.74) is 0. The van der Waals surface area contributed by atoms with Crippen LogP contribution in [0.2, 0.25) is 5.02 Å². The quantitative estimate of drug-likeness (QED) is 0.715. The lowest BCUT2D eigenvalue weighted by Crippen LogP contribution is -2.52. The standard InChI is InChI=1S/C19H28ClN3O4S/c1-3-27-18-7-6-16(13-17(18)20)28(25,26)23-8-4-5-15(14-23)19(24)22-11-9-21(2)10-12-22/h6-7,13,15H,3-5,8-12,14H2,1-2H3/t15-/m1/s1. The van der Waals surface area contributed by atoms with E-state index >= 15 is 0 Å². The van der Waals surface area contributed by atoms with Crippen LogP contribution in [0.15, 0.2) is 23.1 Å². The van der Waals surface area contributed by atoms with E-state index in [1.54, 1.807) is 6.07 Å². The number of carbonyl (C=O) groups excluding carboxylic acids is 1. The van der Waals surface area contributed by atoms with Crippen LogP contribution in [-0.2, 0) is 14.8 Å². The zero-order valence-electron chi connectivity index (χ0n) is 16.4. The summed E-state index contributed by atoms with van der Waals surface area (Å²) in [6.07, 6.45) is 1.40. The second kappa shape index (κ2) is 8.98. The summed E-state index contributed by atoms with van der Waals surface area (Å²) in [5.74, 6) is 0.243. The first kappa shape index (κ1) is 21.4. The Bertz CT molecular complexity index is 809. The van der Waals surface area contributed by atoms with Crippen LogP contribution in [0.1, 0.15) is 19.8 Å². The van der Waals surface area contributed by atoms with Gasteiger partial charge >= 0.3 is 0 Å². The van der Waals surface area contributed by atoms with Gasteiger partial charge in [-0.25, -0.2) is 8.42 Å². The molecule has 0 unspecified atom stereocenters. The number of amides is 1. The number of benzene rings is 1. The average Bonchev–Trinajstić information content (AvgIpc) is 2.69. The Kier molecular flexibility index (Phi) is 6.85. The summed E-state index contributed by atoms with van der Waals surface area (Å²) < 4.78 is 33.0. The molecule has 0 bridgehead atoms. The molecular formula is C19H28ClN3O4S. The van der Waals surface area contributed by atoms with Gasteiger partial charge in [-0.1, -0.05) is 11.6 Å². The van der Waals surface area contributed by atoms with Gasteiger partial charge in [0.15, 0.2) is 0 Å². The van der Waals surface area contributed by atoms with Crippen LogP contribution < -0.4 is 4.74 Å². The minimum atomic E-state index is -3.71. The highest BCUT2D eigenvalue weighted by atomic mass is 35.5. The van der Waals surface area contributed by atoms with Gasteiger partial charge in [-0.05, 0) is 45.0 Å². The predicted molar refractivity (Wildman–Crippen MR) is 108 cm³/mol. The van der Waals surface area contributed by atoms with Crippen LogP contribution in [0.3, 0.4) is 0 Å². The van der Waals surface area contributed by atoms with E-state index < -0.39 is 10.0 Å². The first-order valence-electron chi connectivity index (χ1n) is 9.72. The molecule has 3 rings (SSSR count). The van der Waals surface area contributed by atoms with E-state index in [1.165, 1.54) is 16.4 Å². The van der Waals surface area contributed by atoms with Crippen LogP contribution in [0.25, 0.3) is 0 Å². The number of piperidine rings is 1.